The van der Waals surface area contributed by atoms with Crippen LogP contribution in [0, 0.1) is 5.92 Å². The van der Waals surface area contributed by atoms with Crippen molar-refractivity contribution < 1.29 is 14.3 Å². The number of carbonyl (C=O) groups excluding carboxylic acids is 1. The molecule has 4 aliphatic heterocycles. The Morgan fingerprint density at radius 2 is 2.27 bits per heavy atom. The van der Waals surface area contributed by atoms with E-state index in [1.165, 1.54) is 23.9 Å². The number of hydrogen-bond acceptors (Lipinski definition) is 5. The second kappa shape index (κ2) is 5.83. The van der Waals surface area contributed by atoms with E-state index in [1.807, 2.05) is 0 Å². The summed E-state index contributed by atoms with van der Waals surface area (Å²) in [5.41, 5.74) is 3.76. The van der Waals surface area contributed by atoms with Gasteiger partial charge in [0, 0.05) is 24.6 Å². The minimum atomic E-state index is -0.295. The number of nitrogens with one attached hydrogen (secondary N) is 1. The van der Waals surface area contributed by atoms with Crippen LogP contribution in [0.1, 0.15) is 44.1 Å². The number of fused-ring (bicyclic) bond motifs is 5. The Hall–Kier alpha value is -1.85. The number of piperidine rings is 2. The first kappa shape index (κ1) is 16.3. The van der Waals surface area contributed by atoms with Gasteiger partial charge in [0.25, 0.3) is 0 Å². The third-order valence-electron chi connectivity index (χ3n) is 6.91. The molecule has 2 bridgehead atoms. The lowest BCUT2D eigenvalue weighted by Gasteiger charge is -2.46. The van der Waals surface area contributed by atoms with Crippen molar-refractivity contribution in [2.75, 3.05) is 19.0 Å². The first-order valence-corrected chi connectivity index (χ1v) is 9.69. The van der Waals surface area contributed by atoms with Crippen LogP contribution in [0.5, 0.6) is 0 Å². The number of nitrogens with zero attached hydrogens (tertiary/aromatic N) is 1. The van der Waals surface area contributed by atoms with E-state index in [0.29, 0.717) is 24.3 Å². The summed E-state index contributed by atoms with van der Waals surface area (Å²) in [4.78, 5) is 14.2. The summed E-state index contributed by atoms with van der Waals surface area (Å²) in [7, 11) is 1.47. The number of anilines is 1. The van der Waals surface area contributed by atoms with Crippen molar-refractivity contribution in [1.82, 2.24) is 4.90 Å². The number of carbonyl (C=O) groups is 1. The molecule has 5 rings (SSSR count). The third kappa shape index (κ3) is 2.13. The number of rotatable bonds is 3. The molecule has 26 heavy (non-hydrogen) atoms. The van der Waals surface area contributed by atoms with Gasteiger partial charge in [-0.1, -0.05) is 29.8 Å². The van der Waals surface area contributed by atoms with Crippen LogP contribution in [-0.4, -0.2) is 42.5 Å². The van der Waals surface area contributed by atoms with Crippen molar-refractivity contribution in [2.24, 2.45) is 5.92 Å². The Bertz CT molecular complexity index is 776. The van der Waals surface area contributed by atoms with Crippen LogP contribution >= 0.6 is 0 Å². The topological polar surface area (TPSA) is 50.8 Å². The highest BCUT2D eigenvalue weighted by atomic mass is 16.6. The number of para-hydroxylation sites is 1. The highest BCUT2D eigenvalue weighted by Crippen LogP contribution is 2.61. The fraction of sp³-hybridized carbons (Fsp3) is 0.571. The van der Waals surface area contributed by atoms with Gasteiger partial charge in [-0.2, -0.15) is 0 Å². The van der Waals surface area contributed by atoms with Gasteiger partial charge in [0.05, 0.1) is 13.2 Å². The molecule has 1 spiro atoms. The van der Waals surface area contributed by atoms with Crippen molar-refractivity contribution >= 4 is 11.7 Å². The molecule has 5 nitrogen and oxygen atoms in total. The average molecular weight is 354 g/mol. The Labute approximate surface area is 154 Å². The summed E-state index contributed by atoms with van der Waals surface area (Å²) >= 11 is 0. The molecule has 5 atom stereocenters. The predicted molar refractivity (Wildman–Crippen MR) is 98.6 cm³/mol. The molecule has 0 aliphatic carbocycles. The minimum absolute atomic E-state index is 0.116. The van der Waals surface area contributed by atoms with Crippen molar-refractivity contribution in [2.45, 2.75) is 56.5 Å². The molecule has 0 aromatic heterocycles. The molecule has 4 aliphatic rings. The summed E-state index contributed by atoms with van der Waals surface area (Å²) in [6.45, 7) is 3.06. The monoisotopic (exact) mass is 354 g/mol. The number of ether oxygens (including phenoxy) is 2. The number of methoxy groups -OCH3 is 1. The Balaban J connectivity index is 1.42. The molecule has 138 valence electrons. The van der Waals surface area contributed by atoms with Crippen LogP contribution in [0.3, 0.4) is 0 Å². The molecule has 0 amide bonds. The van der Waals surface area contributed by atoms with Gasteiger partial charge in [0.1, 0.15) is 6.23 Å². The zero-order valence-electron chi connectivity index (χ0n) is 15.4. The smallest absolute Gasteiger partial charge is 0.305 e. The van der Waals surface area contributed by atoms with Crippen LogP contribution in [0.4, 0.5) is 5.69 Å². The van der Waals surface area contributed by atoms with Gasteiger partial charge in [0.2, 0.25) is 0 Å². The summed E-state index contributed by atoms with van der Waals surface area (Å²) in [6.07, 6.45) is 5.86. The van der Waals surface area contributed by atoms with Crippen LogP contribution in [0.2, 0.25) is 0 Å². The first-order chi connectivity index (χ1) is 12.7. The SMILES string of the molecule is C/C=C1\CN2[C@@H](C[C@@H]1CCC(=O)OC)[C@]13Nc4ccccc4C1C[C@H]2O3. The van der Waals surface area contributed by atoms with E-state index in [0.717, 1.165) is 25.8 Å². The van der Waals surface area contributed by atoms with Gasteiger partial charge >= 0.3 is 5.97 Å². The Kier molecular flexibility index (Phi) is 3.66. The molecule has 4 heterocycles. The largest absolute Gasteiger partial charge is 0.469 e. The van der Waals surface area contributed by atoms with Gasteiger partial charge in [-0.05, 0) is 43.7 Å². The zero-order chi connectivity index (χ0) is 17.9. The standard InChI is InChI=1S/C21H26N2O3/c1-3-13-12-23-18(10-14(13)8-9-20(24)25-2)21-16(11-19(23)26-21)15-6-4-5-7-17(15)22-21/h3-7,14,16,18-19,22H,8-12H2,1-2H3/b13-3+/t14-,16?,18-,19+,21-/m0/s1. The third-order valence-corrected chi connectivity index (χ3v) is 6.91. The van der Waals surface area contributed by atoms with Gasteiger partial charge in [0.15, 0.2) is 5.72 Å². The molecular weight excluding hydrogens is 328 g/mol. The summed E-state index contributed by atoms with van der Waals surface area (Å²) in [5.74, 6) is 0.733. The molecule has 1 aromatic rings. The van der Waals surface area contributed by atoms with E-state index in [9.17, 15) is 4.79 Å². The van der Waals surface area contributed by atoms with Gasteiger partial charge in [-0.3, -0.25) is 9.69 Å². The van der Waals surface area contributed by atoms with Crippen LogP contribution in [0.15, 0.2) is 35.9 Å². The zero-order valence-corrected chi connectivity index (χ0v) is 15.4. The molecule has 3 saturated heterocycles. The van der Waals surface area contributed by atoms with Crippen molar-refractivity contribution in [1.29, 1.82) is 0 Å². The normalized spacial score (nSPS) is 38.6. The average Bonchev–Trinajstić information content (AvgIpc) is 3.29. The van der Waals surface area contributed by atoms with E-state index in [1.54, 1.807) is 0 Å². The van der Waals surface area contributed by atoms with Crippen LogP contribution < -0.4 is 5.32 Å². The Morgan fingerprint density at radius 3 is 3.08 bits per heavy atom. The fourth-order valence-corrected chi connectivity index (χ4v) is 5.68. The molecular formula is C21H26N2O3. The summed E-state index contributed by atoms with van der Waals surface area (Å²) in [6, 6.07) is 8.97. The molecule has 0 radical (unpaired) electrons. The lowest BCUT2D eigenvalue weighted by atomic mass is 9.74. The van der Waals surface area contributed by atoms with E-state index < -0.39 is 0 Å². The van der Waals surface area contributed by atoms with Crippen LogP contribution in [0.25, 0.3) is 0 Å². The van der Waals surface area contributed by atoms with E-state index in [4.69, 9.17) is 9.47 Å². The summed E-state index contributed by atoms with van der Waals surface area (Å²) < 4.78 is 11.4. The molecule has 5 heteroatoms. The van der Waals surface area contributed by atoms with Crippen LogP contribution in [-0.2, 0) is 14.3 Å². The highest BCUT2D eigenvalue weighted by Gasteiger charge is 2.67. The number of esters is 1. The maximum atomic E-state index is 11.6. The molecule has 1 unspecified atom stereocenters. The van der Waals surface area contributed by atoms with E-state index in [2.05, 4.69) is 47.5 Å². The quantitative estimate of drug-likeness (QED) is 0.667. The number of benzene rings is 1. The first-order valence-electron chi connectivity index (χ1n) is 9.69. The van der Waals surface area contributed by atoms with Crippen molar-refractivity contribution in [3.05, 3.63) is 41.5 Å². The molecule has 1 N–H and O–H groups in total. The lowest BCUT2D eigenvalue weighted by molar-refractivity contribution is -0.141. The maximum Gasteiger partial charge on any atom is 0.305 e. The molecule has 3 fully saturated rings. The number of allylic oxidation sites excluding steroid dienone is 1. The summed E-state index contributed by atoms with van der Waals surface area (Å²) in [5, 5.41) is 3.75. The molecule has 0 saturated carbocycles. The molecule has 1 aromatic carbocycles. The van der Waals surface area contributed by atoms with E-state index >= 15 is 0 Å². The number of hydrogen-bond donors (Lipinski definition) is 1. The lowest BCUT2D eigenvalue weighted by Crippen LogP contribution is -2.58. The van der Waals surface area contributed by atoms with Gasteiger partial charge in [-0.25, -0.2) is 0 Å². The fourth-order valence-electron chi connectivity index (χ4n) is 5.68. The Morgan fingerprint density at radius 1 is 1.42 bits per heavy atom. The second-order valence-electron chi connectivity index (χ2n) is 7.97. The maximum absolute atomic E-state index is 11.6. The van der Waals surface area contributed by atoms with Gasteiger partial charge in [-0.15, -0.1) is 0 Å². The van der Waals surface area contributed by atoms with Crippen molar-refractivity contribution in [3.8, 4) is 0 Å². The second-order valence-corrected chi connectivity index (χ2v) is 7.97. The predicted octanol–water partition coefficient (Wildman–Crippen LogP) is 3.24. The van der Waals surface area contributed by atoms with Gasteiger partial charge < -0.3 is 14.8 Å². The van der Waals surface area contributed by atoms with E-state index in [-0.39, 0.29) is 17.9 Å². The van der Waals surface area contributed by atoms with Crippen molar-refractivity contribution in [3.63, 3.8) is 0 Å². The minimum Gasteiger partial charge on any atom is -0.469 e. The highest BCUT2D eigenvalue weighted by molar-refractivity contribution is 5.69.